The van der Waals surface area contributed by atoms with Gasteiger partial charge in [-0.1, -0.05) is 171 Å². The van der Waals surface area contributed by atoms with Gasteiger partial charge in [0.15, 0.2) is 12.4 Å². The largest absolute Gasteiger partial charge is 0.311 e. The Balaban J connectivity index is 0.671. The number of para-hydroxylation sites is 6. The molecule has 354 valence electrons. The minimum absolute atomic E-state index is 1.04. The van der Waals surface area contributed by atoms with Crippen molar-refractivity contribution in [2.24, 2.45) is 0 Å². The average molecular weight is 937 g/mol. The molecule has 10 rings (SSSR count). The van der Waals surface area contributed by atoms with Gasteiger partial charge in [-0.15, -0.1) is 0 Å². The Bertz CT molecular complexity index is 3020. The van der Waals surface area contributed by atoms with Crippen molar-refractivity contribution in [3.63, 3.8) is 0 Å². The van der Waals surface area contributed by atoms with Crippen LogP contribution >= 0.6 is 0 Å². The third-order valence-electron chi connectivity index (χ3n) is 13.7. The number of hydrogen-bond acceptors (Lipinski definition) is 2. The van der Waals surface area contributed by atoms with Crippen molar-refractivity contribution in [3.05, 3.63) is 265 Å². The molecule has 8 aromatic carbocycles. The highest BCUT2D eigenvalue weighted by molar-refractivity contribution is 5.90. The fourth-order valence-electron chi connectivity index (χ4n) is 9.97. The van der Waals surface area contributed by atoms with Gasteiger partial charge in [-0.05, 0) is 120 Å². The van der Waals surface area contributed by atoms with Crippen LogP contribution in [0.3, 0.4) is 0 Å². The molecule has 0 N–H and O–H groups in total. The van der Waals surface area contributed by atoms with Gasteiger partial charge in [-0.2, -0.15) is 9.13 Å². The SMILES string of the molecule is C(=C\c1cc[n+](CCCCCCCCCC[n+]2ccc(/C=C/c3ccc(N(c4ccccc4)c4ccccc4)cc3)c3ccccc32)c2ccccc12)/c1ccc(N(c2ccccc2)c2ccccc2)cc1. The first-order valence-corrected chi connectivity index (χ1v) is 25.9. The van der Waals surface area contributed by atoms with E-state index in [4.69, 9.17) is 0 Å². The summed E-state index contributed by atoms with van der Waals surface area (Å²) < 4.78 is 4.89. The number of nitrogens with zero attached hydrogens (tertiary/aromatic N) is 4. The van der Waals surface area contributed by atoms with E-state index in [1.807, 2.05) is 0 Å². The molecular weight excluding hydrogens is 873 g/mol. The summed E-state index contributed by atoms with van der Waals surface area (Å²) in [6.07, 6.45) is 23.7. The van der Waals surface area contributed by atoms with Crippen LogP contribution in [0.2, 0.25) is 0 Å². The molecule has 2 aromatic heterocycles. The van der Waals surface area contributed by atoms with E-state index < -0.39 is 0 Å². The van der Waals surface area contributed by atoms with Crippen LogP contribution in [0.15, 0.2) is 243 Å². The fraction of sp³-hybridized carbons (Fsp3) is 0.147. The second kappa shape index (κ2) is 24.0. The summed E-state index contributed by atoms with van der Waals surface area (Å²) in [6, 6.07) is 82.2. The van der Waals surface area contributed by atoms with Crippen molar-refractivity contribution in [1.82, 2.24) is 0 Å². The van der Waals surface area contributed by atoms with Crippen molar-refractivity contribution in [2.75, 3.05) is 9.80 Å². The van der Waals surface area contributed by atoms with Crippen molar-refractivity contribution in [2.45, 2.75) is 64.5 Å². The van der Waals surface area contributed by atoms with Gasteiger partial charge in [0.1, 0.15) is 13.1 Å². The Hall–Kier alpha value is -8.34. The van der Waals surface area contributed by atoms with Gasteiger partial charge in [0.25, 0.3) is 0 Å². The number of benzene rings is 8. The number of hydrogen-bond donors (Lipinski definition) is 0. The molecule has 0 aliphatic rings. The van der Waals surface area contributed by atoms with E-state index in [0.29, 0.717) is 0 Å². The molecule has 4 nitrogen and oxygen atoms in total. The van der Waals surface area contributed by atoms with Gasteiger partial charge in [-0.25, -0.2) is 0 Å². The maximum Gasteiger partial charge on any atom is 0.213 e. The molecule has 0 fully saturated rings. The average Bonchev–Trinajstić information content (AvgIpc) is 3.45. The first-order chi connectivity index (χ1) is 35.7. The van der Waals surface area contributed by atoms with Crippen molar-refractivity contribution >= 4 is 80.2 Å². The number of fused-ring (bicyclic) bond motifs is 2. The number of aryl methyl sites for hydroxylation is 2. The van der Waals surface area contributed by atoms with Crippen LogP contribution < -0.4 is 18.9 Å². The second-order valence-electron chi connectivity index (χ2n) is 18.7. The quantitative estimate of drug-likeness (QED) is 0.0526. The van der Waals surface area contributed by atoms with E-state index in [2.05, 4.69) is 286 Å². The number of rotatable bonds is 21. The Kier molecular flexibility index (Phi) is 15.8. The normalized spacial score (nSPS) is 11.5. The number of anilines is 6. The summed E-state index contributed by atoms with van der Waals surface area (Å²) in [6.45, 7) is 2.09. The maximum atomic E-state index is 2.44. The number of unbranched alkanes of at least 4 members (excludes halogenated alkanes) is 7. The molecule has 10 aromatic rings. The summed E-state index contributed by atoms with van der Waals surface area (Å²) in [7, 11) is 0. The second-order valence-corrected chi connectivity index (χ2v) is 18.7. The van der Waals surface area contributed by atoms with Crippen LogP contribution in [-0.2, 0) is 13.1 Å². The summed E-state index contributed by atoms with van der Waals surface area (Å²) in [5, 5.41) is 2.58. The maximum absolute atomic E-state index is 2.44. The molecule has 0 aliphatic carbocycles. The molecular formula is C68H64N4+2. The molecule has 2 heterocycles. The van der Waals surface area contributed by atoms with Crippen LogP contribution in [0, 0.1) is 0 Å². The van der Waals surface area contributed by atoms with E-state index in [1.165, 1.54) is 95.4 Å². The lowest BCUT2D eigenvalue weighted by Crippen LogP contribution is -2.34. The standard InChI is InChI=1S/C68H64N4/c1(3-5-23-51-69-53-49-57(65-33-19-21-35-67(65)69)43-37-55-39-45-63(46-40-55)71(59-25-11-7-12-26-59)60-27-13-8-14-28-60)2-4-6-24-52-70-54-50-58(66-34-20-22-36-68(66)70)44-38-56-41-47-64(48-42-56)72(61-29-15-9-16-30-61)62-31-17-10-18-32-62/h7-22,25-50,53-54H,1-6,23-24,51-52H2/q+2. The molecule has 0 spiro atoms. The first kappa shape index (κ1) is 47.3. The van der Waals surface area contributed by atoms with Gasteiger partial charge in [0, 0.05) is 71.2 Å². The molecule has 0 radical (unpaired) electrons. The van der Waals surface area contributed by atoms with Crippen molar-refractivity contribution in [3.8, 4) is 0 Å². The van der Waals surface area contributed by atoms with E-state index in [0.717, 1.165) is 47.2 Å². The predicted octanol–water partition coefficient (Wildman–Crippen LogP) is 17.7. The van der Waals surface area contributed by atoms with E-state index in [1.54, 1.807) is 0 Å². The van der Waals surface area contributed by atoms with Crippen LogP contribution in [0.5, 0.6) is 0 Å². The van der Waals surface area contributed by atoms with Gasteiger partial charge < -0.3 is 9.80 Å². The molecule has 0 aliphatic heterocycles. The molecule has 0 bridgehead atoms. The Morgan fingerprint density at radius 2 is 0.556 bits per heavy atom. The van der Waals surface area contributed by atoms with Gasteiger partial charge in [0.05, 0.1) is 10.8 Å². The lowest BCUT2D eigenvalue weighted by Gasteiger charge is -2.25. The molecule has 4 heteroatoms. The molecule has 0 saturated heterocycles. The number of aromatic nitrogens is 2. The van der Waals surface area contributed by atoms with Crippen LogP contribution in [0.4, 0.5) is 34.1 Å². The van der Waals surface area contributed by atoms with Gasteiger partial charge >= 0.3 is 0 Å². The highest BCUT2D eigenvalue weighted by atomic mass is 15.1. The fourth-order valence-corrected chi connectivity index (χ4v) is 9.97. The Morgan fingerprint density at radius 3 is 0.903 bits per heavy atom. The smallest absolute Gasteiger partial charge is 0.213 e. The van der Waals surface area contributed by atoms with Crippen LogP contribution in [0.25, 0.3) is 46.1 Å². The Morgan fingerprint density at radius 1 is 0.264 bits per heavy atom. The lowest BCUT2D eigenvalue weighted by molar-refractivity contribution is -0.672. The summed E-state index contributed by atoms with van der Waals surface area (Å²) in [5.41, 5.74) is 14.3. The topological polar surface area (TPSA) is 14.2 Å². The van der Waals surface area contributed by atoms with Gasteiger partial charge in [-0.3, -0.25) is 0 Å². The summed E-state index contributed by atoms with van der Waals surface area (Å²) in [4.78, 5) is 4.60. The van der Waals surface area contributed by atoms with E-state index in [9.17, 15) is 0 Å². The Labute approximate surface area is 426 Å². The van der Waals surface area contributed by atoms with Crippen molar-refractivity contribution in [1.29, 1.82) is 0 Å². The number of pyridine rings is 2. The minimum Gasteiger partial charge on any atom is -0.311 e. The molecule has 0 unspecified atom stereocenters. The third kappa shape index (κ3) is 11.8. The molecule has 0 saturated carbocycles. The zero-order chi connectivity index (χ0) is 48.6. The predicted molar refractivity (Wildman–Crippen MR) is 305 cm³/mol. The lowest BCUT2D eigenvalue weighted by atomic mass is 10.1. The van der Waals surface area contributed by atoms with E-state index >= 15 is 0 Å². The zero-order valence-corrected chi connectivity index (χ0v) is 41.3. The van der Waals surface area contributed by atoms with Crippen LogP contribution in [-0.4, -0.2) is 0 Å². The highest BCUT2D eigenvalue weighted by Crippen LogP contribution is 2.36. The highest BCUT2D eigenvalue weighted by Gasteiger charge is 2.15. The molecule has 0 atom stereocenters. The summed E-state index contributed by atoms with van der Waals surface area (Å²) >= 11 is 0. The van der Waals surface area contributed by atoms with Crippen LogP contribution in [0.1, 0.15) is 73.6 Å². The van der Waals surface area contributed by atoms with Crippen molar-refractivity contribution < 1.29 is 9.13 Å². The first-order valence-electron chi connectivity index (χ1n) is 25.9. The van der Waals surface area contributed by atoms with E-state index in [-0.39, 0.29) is 0 Å². The molecule has 72 heavy (non-hydrogen) atoms. The monoisotopic (exact) mass is 937 g/mol. The summed E-state index contributed by atoms with van der Waals surface area (Å²) in [5.74, 6) is 0. The zero-order valence-electron chi connectivity index (χ0n) is 41.3. The molecule has 0 amide bonds. The minimum atomic E-state index is 1.04. The van der Waals surface area contributed by atoms with Gasteiger partial charge in [0.2, 0.25) is 11.0 Å². The third-order valence-corrected chi connectivity index (χ3v) is 13.7.